The Morgan fingerprint density at radius 3 is 0.750 bits per heavy atom. The van der Waals surface area contributed by atoms with Gasteiger partial charge in [0.2, 0.25) is 0 Å². The first-order valence-electron chi connectivity index (χ1n) is 50.9. The van der Waals surface area contributed by atoms with Crippen molar-refractivity contribution in [1.82, 2.24) is 13.2 Å². The van der Waals surface area contributed by atoms with Crippen molar-refractivity contribution in [2.75, 3.05) is 0 Å². The van der Waals surface area contributed by atoms with E-state index in [1.807, 2.05) is 0 Å². The SMILES string of the molecule is CC(C)c1ccc2cc3c(cc2c1)c1cc(-c2c(-c4ccccc4)cccc2C(C)C)cc2c4cc5cc(C(C)C)ccc5cc4n3c12.Cc1cc(-c2ccccc2)cc(-c2cc3c4cc5cc(C(C)C)ccc5cc4n4c5cc6ccc(C(C)C)cc6cc5c(c2)c34)c1.Cc1ccc(-c2ccccc2)cc1-c1cc2c3cc4cc(C(C)C)ccc4cc3n3c4cc5ccc(C(C)C)cc5cc4c(c1)c23. The predicted molar refractivity (Wildman–Crippen MR) is 609 cm³/mol. The second kappa shape index (κ2) is 33.2. The van der Waals surface area contributed by atoms with Crippen LogP contribution in [0, 0.1) is 13.8 Å². The van der Waals surface area contributed by atoms with Gasteiger partial charge in [0, 0.05) is 64.6 Å². The molecule has 27 rings (SSSR count). The molecule has 6 heterocycles. The van der Waals surface area contributed by atoms with Crippen LogP contribution in [0.3, 0.4) is 0 Å². The zero-order valence-corrected chi connectivity index (χ0v) is 83.0. The predicted octanol–water partition coefficient (Wildman–Crippen LogP) is 39.9. The summed E-state index contributed by atoms with van der Waals surface area (Å²) < 4.78 is 7.63. The molecule has 140 heavy (non-hydrogen) atoms. The van der Waals surface area contributed by atoms with E-state index in [0.717, 1.165) is 0 Å². The van der Waals surface area contributed by atoms with Crippen LogP contribution in [0.1, 0.15) is 188 Å². The Labute approximate surface area is 819 Å². The molecule has 0 aliphatic heterocycles. The average Bonchev–Trinajstić information content (AvgIpc) is 1.54. The van der Waals surface area contributed by atoms with Crippen LogP contribution in [0.15, 0.2) is 364 Å². The summed E-state index contributed by atoms with van der Waals surface area (Å²) in [6.45, 7) is 36.4. The highest BCUT2D eigenvalue weighted by molar-refractivity contribution is 6.31. The molecular weight excluding hydrogens is 1690 g/mol. The number of hydrogen-bond donors (Lipinski definition) is 0. The quantitative estimate of drug-likeness (QED) is 0.109. The Balaban J connectivity index is 0.000000111. The Kier molecular flexibility index (Phi) is 20.4. The van der Waals surface area contributed by atoms with Gasteiger partial charge in [-0.05, 0) is 358 Å². The van der Waals surface area contributed by atoms with Crippen molar-refractivity contribution in [1.29, 1.82) is 0 Å². The van der Waals surface area contributed by atoms with Gasteiger partial charge >= 0.3 is 0 Å². The highest BCUT2D eigenvalue weighted by atomic mass is 14.9. The van der Waals surface area contributed by atoms with Crippen molar-refractivity contribution < 1.29 is 0 Å². The largest absolute Gasteiger partial charge is 0.308 e. The Morgan fingerprint density at radius 2 is 0.443 bits per heavy atom. The molecule has 0 bridgehead atoms. The topological polar surface area (TPSA) is 13.2 Å². The molecule has 0 spiro atoms. The van der Waals surface area contributed by atoms with E-state index in [1.54, 1.807) is 0 Å². The molecule has 21 aromatic carbocycles. The number of aromatic nitrogens is 3. The van der Waals surface area contributed by atoms with Crippen molar-refractivity contribution in [2.45, 2.75) is 152 Å². The molecular formula is C137H115N3. The standard InChI is InChI=1S/C47H41N.2C45H37N/c1-27(2)31-15-17-33-25-44-40(21-35(33)19-31)42-23-37(46-38(29(5)6)13-10-14-39(46)30-11-8-7-9-12-30)24-43-41-22-36-20-32(28(3)4)16-18-34(36)26-45(41)48(44)47(42)43;1-26(2)30-11-13-32-24-43-39(20-36(32)17-30)41-22-38(35-16-28(5)15-34(19-35)29-9-7-6-8-10-29)23-42-40-21-37-18-31(27(3)4)12-14-33(37)25-44(40)46(43)45(41)42;1-26(2)30-13-15-33-24-43-39(20-35(33)17-30)41-22-37(38-19-32(12-11-28(38)5)29-9-7-6-8-10-29)23-42-40-21-36-18-31(27(3)4)14-16-34(36)25-44(40)46(43)45(41)42/h7-29H,1-6H3;2*6-27H,1-5H3. The molecule has 0 amide bonds. The summed E-state index contributed by atoms with van der Waals surface area (Å²) in [7, 11) is 0. The van der Waals surface area contributed by atoms with Gasteiger partial charge in [0.1, 0.15) is 0 Å². The molecule has 0 radical (unpaired) electrons. The van der Waals surface area contributed by atoms with E-state index in [4.69, 9.17) is 0 Å². The van der Waals surface area contributed by atoms with Gasteiger partial charge in [-0.3, -0.25) is 0 Å². The van der Waals surface area contributed by atoms with Crippen LogP contribution >= 0.6 is 0 Å². The molecule has 0 aliphatic carbocycles. The highest BCUT2D eigenvalue weighted by Gasteiger charge is 2.28. The minimum absolute atomic E-state index is 0.387. The molecule has 27 aromatic rings. The lowest BCUT2D eigenvalue weighted by Gasteiger charge is -2.18. The van der Waals surface area contributed by atoms with E-state index in [9.17, 15) is 0 Å². The van der Waals surface area contributed by atoms with Crippen LogP contribution < -0.4 is 0 Å². The van der Waals surface area contributed by atoms with E-state index in [2.05, 4.69) is 488 Å². The number of nitrogens with zero attached hydrogens (tertiary/aromatic N) is 3. The highest BCUT2D eigenvalue weighted by Crippen LogP contribution is 2.52. The van der Waals surface area contributed by atoms with Gasteiger partial charge in [-0.1, -0.05) is 340 Å². The summed E-state index contributed by atoms with van der Waals surface area (Å²) in [5, 5.41) is 31.5. The van der Waals surface area contributed by atoms with Crippen LogP contribution in [0.5, 0.6) is 0 Å². The van der Waals surface area contributed by atoms with Crippen molar-refractivity contribution >= 4 is 179 Å². The molecule has 0 unspecified atom stereocenters. The van der Waals surface area contributed by atoms with E-state index in [-0.39, 0.29) is 0 Å². The first-order valence-corrected chi connectivity index (χ1v) is 50.9. The number of benzene rings is 21. The molecule has 3 nitrogen and oxygen atoms in total. The normalized spacial score (nSPS) is 12.4. The molecule has 6 aromatic heterocycles. The minimum atomic E-state index is 0.387. The second-order valence-corrected chi connectivity index (χ2v) is 42.7. The number of hydrogen-bond acceptors (Lipinski definition) is 0. The summed E-state index contributed by atoms with van der Waals surface area (Å²) in [6, 6.07) is 139. The zero-order valence-electron chi connectivity index (χ0n) is 83.0. The lowest BCUT2D eigenvalue weighted by atomic mass is 9.85. The van der Waals surface area contributed by atoms with E-state index < -0.39 is 0 Å². The van der Waals surface area contributed by atoms with Crippen molar-refractivity contribution in [3.05, 3.63) is 414 Å². The summed E-state index contributed by atoms with van der Waals surface area (Å²) in [4.78, 5) is 0. The van der Waals surface area contributed by atoms with E-state index >= 15 is 0 Å². The maximum absolute atomic E-state index is 2.55. The lowest BCUT2D eigenvalue weighted by Crippen LogP contribution is -1.96. The molecule has 0 N–H and O–H groups in total. The first kappa shape index (κ1) is 86.2. The van der Waals surface area contributed by atoms with Gasteiger partial charge in [0.05, 0.1) is 49.7 Å². The fraction of sp³-hybridized carbons (Fsp3) is 0.168. The molecule has 0 atom stereocenters. The second-order valence-electron chi connectivity index (χ2n) is 42.7. The molecule has 0 saturated heterocycles. The molecule has 0 aliphatic rings. The Bertz CT molecular complexity index is 9320. The maximum Gasteiger partial charge on any atom is 0.0620 e. The summed E-state index contributed by atoms with van der Waals surface area (Å²) in [6.07, 6.45) is 0. The smallest absolute Gasteiger partial charge is 0.0620 e. The zero-order chi connectivity index (χ0) is 95.4. The van der Waals surface area contributed by atoms with Crippen LogP contribution in [0.4, 0.5) is 0 Å². The minimum Gasteiger partial charge on any atom is -0.308 e. The third-order valence-electron chi connectivity index (χ3n) is 31.3. The van der Waals surface area contributed by atoms with E-state index in [0.29, 0.717) is 41.4 Å². The van der Waals surface area contributed by atoms with Crippen LogP contribution in [-0.4, -0.2) is 13.2 Å². The number of fused-ring (bicyclic) bond motifs is 24. The third kappa shape index (κ3) is 14.2. The maximum atomic E-state index is 2.55. The van der Waals surface area contributed by atoms with E-state index in [1.165, 1.54) is 296 Å². The molecule has 0 fully saturated rings. The molecule has 3 heteroatoms. The number of rotatable bonds is 13. The van der Waals surface area contributed by atoms with Crippen molar-refractivity contribution in [3.63, 3.8) is 0 Å². The van der Waals surface area contributed by atoms with Crippen molar-refractivity contribution in [2.24, 2.45) is 0 Å². The van der Waals surface area contributed by atoms with Crippen LogP contribution in [0.2, 0.25) is 0 Å². The molecule has 678 valence electrons. The Morgan fingerprint density at radius 1 is 0.164 bits per heavy atom. The third-order valence-corrected chi connectivity index (χ3v) is 31.3. The number of aryl methyl sites for hydroxylation is 2. The molecule has 0 saturated carbocycles. The summed E-state index contributed by atoms with van der Waals surface area (Å²) in [5.74, 6) is 3.35. The van der Waals surface area contributed by atoms with Gasteiger partial charge in [-0.25, -0.2) is 0 Å². The lowest BCUT2D eigenvalue weighted by molar-refractivity contribution is 0.869. The van der Waals surface area contributed by atoms with Gasteiger partial charge in [0.25, 0.3) is 0 Å². The van der Waals surface area contributed by atoms with Gasteiger partial charge in [0.15, 0.2) is 0 Å². The Hall–Kier alpha value is -15.4. The van der Waals surface area contributed by atoms with Gasteiger partial charge < -0.3 is 13.2 Å². The first-order chi connectivity index (χ1) is 67.9. The summed E-state index contributed by atoms with van der Waals surface area (Å²) >= 11 is 0. The van der Waals surface area contributed by atoms with Gasteiger partial charge in [-0.2, -0.15) is 0 Å². The average molecular weight is 1800 g/mol. The van der Waals surface area contributed by atoms with Crippen LogP contribution in [0.25, 0.3) is 246 Å². The van der Waals surface area contributed by atoms with Gasteiger partial charge in [-0.15, -0.1) is 0 Å². The fourth-order valence-electron chi connectivity index (χ4n) is 23.5. The monoisotopic (exact) mass is 1800 g/mol. The summed E-state index contributed by atoms with van der Waals surface area (Å²) in [5.41, 5.74) is 39.2. The van der Waals surface area contributed by atoms with Crippen molar-refractivity contribution in [3.8, 4) is 66.8 Å². The van der Waals surface area contributed by atoms with Crippen LogP contribution in [-0.2, 0) is 0 Å². The fourth-order valence-corrected chi connectivity index (χ4v) is 23.5.